The van der Waals surface area contributed by atoms with Crippen LogP contribution in [-0.2, 0) is 4.74 Å². The van der Waals surface area contributed by atoms with E-state index >= 15 is 0 Å². The van der Waals surface area contributed by atoms with Gasteiger partial charge in [0.15, 0.2) is 12.4 Å². The maximum Gasteiger partial charge on any atom is 0.339 e. The zero-order valence-corrected chi connectivity index (χ0v) is 13.3. The van der Waals surface area contributed by atoms with E-state index in [1.54, 1.807) is 18.2 Å². The van der Waals surface area contributed by atoms with Crippen LogP contribution in [0.3, 0.4) is 0 Å². The van der Waals surface area contributed by atoms with E-state index in [0.717, 1.165) is 11.5 Å². The number of esters is 1. The number of Topliss-reactive ketones (excluding diaryl/α,β-unsaturated/α-hetero) is 1. The van der Waals surface area contributed by atoms with E-state index in [0.29, 0.717) is 10.1 Å². The van der Waals surface area contributed by atoms with Crippen molar-refractivity contribution in [3.05, 3.63) is 70.1 Å². The Labute approximate surface area is 139 Å². The minimum absolute atomic E-state index is 0.0161. The largest absolute Gasteiger partial charge is 0.454 e. The summed E-state index contributed by atoms with van der Waals surface area (Å²) in [5.41, 5.74) is 0.595. The highest BCUT2D eigenvalue weighted by Crippen LogP contribution is 2.21. The topological polar surface area (TPSA) is 56.5 Å². The lowest BCUT2D eigenvalue weighted by Gasteiger charge is -2.05. The molecule has 0 saturated heterocycles. The summed E-state index contributed by atoms with van der Waals surface area (Å²) in [4.78, 5) is 24.0. The molecule has 23 heavy (non-hydrogen) atoms. The van der Waals surface area contributed by atoms with Gasteiger partial charge in [0.25, 0.3) is 0 Å². The number of hydrogen-bond acceptors (Lipinski definition) is 4. The number of hydrogen-bond donors (Lipinski definition) is 0. The number of benzene rings is 2. The van der Waals surface area contributed by atoms with Crippen LogP contribution in [0.1, 0.15) is 20.9 Å². The van der Waals surface area contributed by atoms with Crippen molar-refractivity contribution in [1.82, 2.24) is 0 Å². The summed E-state index contributed by atoms with van der Waals surface area (Å²) in [5.74, 6) is -1.72. The summed E-state index contributed by atoms with van der Waals surface area (Å²) in [7, 11) is 0. The Morgan fingerprint density at radius 3 is 2.70 bits per heavy atom. The van der Waals surface area contributed by atoms with Gasteiger partial charge in [-0.05, 0) is 46.3 Å². The van der Waals surface area contributed by atoms with E-state index in [9.17, 15) is 14.0 Å². The first-order chi connectivity index (χ1) is 11.0. The number of furan rings is 1. The smallest absolute Gasteiger partial charge is 0.339 e. The van der Waals surface area contributed by atoms with Crippen molar-refractivity contribution in [2.75, 3.05) is 6.61 Å². The normalized spacial score (nSPS) is 10.7. The predicted molar refractivity (Wildman–Crippen MR) is 84.9 cm³/mol. The fourth-order valence-corrected chi connectivity index (χ4v) is 2.46. The minimum Gasteiger partial charge on any atom is -0.454 e. The molecule has 0 unspecified atom stereocenters. The van der Waals surface area contributed by atoms with Crippen LogP contribution >= 0.6 is 15.9 Å². The summed E-state index contributed by atoms with van der Waals surface area (Å²) in [6.45, 7) is -0.485. The number of halogens is 2. The molecule has 3 rings (SSSR count). The molecule has 0 bridgehead atoms. The Bertz CT molecular complexity index is 867. The van der Waals surface area contributed by atoms with Gasteiger partial charge < -0.3 is 9.15 Å². The Kier molecular flexibility index (Phi) is 4.25. The lowest BCUT2D eigenvalue weighted by Crippen LogP contribution is -2.14. The van der Waals surface area contributed by atoms with Gasteiger partial charge in [-0.1, -0.05) is 18.2 Å². The molecule has 0 radical (unpaired) electrons. The Hall–Kier alpha value is -2.47. The molecule has 0 aliphatic heterocycles. The molecule has 0 aliphatic carbocycles. The molecule has 0 saturated carbocycles. The second kappa shape index (κ2) is 6.34. The van der Waals surface area contributed by atoms with Gasteiger partial charge in [-0.2, -0.15) is 0 Å². The number of fused-ring (bicyclic) bond motifs is 1. The van der Waals surface area contributed by atoms with Crippen LogP contribution in [0.5, 0.6) is 0 Å². The zero-order chi connectivity index (χ0) is 16.4. The number of carbonyl (C=O) groups is 2. The third kappa shape index (κ3) is 3.32. The fourth-order valence-electron chi connectivity index (χ4n) is 2.05. The van der Waals surface area contributed by atoms with Gasteiger partial charge in [0.05, 0.1) is 5.56 Å². The summed E-state index contributed by atoms with van der Waals surface area (Å²) in [5, 5.41) is 0.787. The first kappa shape index (κ1) is 15.4. The summed E-state index contributed by atoms with van der Waals surface area (Å²) in [6, 6.07) is 12.4. The standard InChI is InChI=1S/C17H10BrFO4/c18-13-6-5-11(19)8-12(13)17(21)22-9-14(20)16-7-10-3-1-2-4-15(10)23-16/h1-8H,9H2. The molecule has 1 aromatic heterocycles. The van der Waals surface area contributed by atoms with Gasteiger partial charge in [-0.15, -0.1) is 0 Å². The van der Waals surface area contributed by atoms with E-state index in [2.05, 4.69) is 15.9 Å². The van der Waals surface area contributed by atoms with E-state index in [4.69, 9.17) is 9.15 Å². The summed E-state index contributed by atoms with van der Waals surface area (Å²) < 4.78 is 23.9. The van der Waals surface area contributed by atoms with Crippen molar-refractivity contribution in [2.24, 2.45) is 0 Å². The van der Waals surface area contributed by atoms with Crippen molar-refractivity contribution >= 4 is 38.7 Å². The molecule has 3 aromatic rings. The lowest BCUT2D eigenvalue weighted by atomic mass is 10.2. The molecule has 0 amide bonds. The van der Waals surface area contributed by atoms with Crippen molar-refractivity contribution in [3.8, 4) is 0 Å². The SMILES string of the molecule is O=C(COC(=O)c1cc(F)ccc1Br)c1cc2ccccc2o1. The molecule has 0 spiro atoms. The molecule has 116 valence electrons. The maximum absolute atomic E-state index is 13.2. The van der Waals surface area contributed by atoms with Crippen molar-refractivity contribution in [1.29, 1.82) is 0 Å². The Balaban J connectivity index is 1.71. The third-order valence-electron chi connectivity index (χ3n) is 3.18. The van der Waals surface area contributed by atoms with Crippen molar-refractivity contribution in [3.63, 3.8) is 0 Å². The van der Waals surface area contributed by atoms with Gasteiger partial charge in [-0.3, -0.25) is 4.79 Å². The van der Waals surface area contributed by atoms with E-state index < -0.39 is 24.2 Å². The highest BCUT2D eigenvalue weighted by molar-refractivity contribution is 9.10. The van der Waals surface area contributed by atoms with Gasteiger partial charge >= 0.3 is 5.97 Å². The van der Waals surface area contributed by atoms with Crippen LogP contribution < -0.4 is 0 Å². The number of ether oxygens (including phenoxy) is 1. The molecule has 2 aromatic carbocycles. The molecular formula is C17H10BrFO4. The molecular weight excluding hydrogens is 367 g/mol. The lowest BCUT2D eigenvalue weighted by molar-refractivity contribution is 0.0467. The second-order valence-corrected chi connectivity index (χ2v) is 5.63. The molecule has 0 fully saturated rings. The predicted octanol–water partition coefficient (Wildman–Crippen LogP) is 4.37. The van der Waals surface area contributed by atoms with Crippen LogP contribution in [-0.4, -0.2) is 18.4 Å². The van der Waals surface area contributed by atoms with E-state index in [1.165, 1.54) is 12.1 Å². The molecule has 0 atom stereocenters. The summed E-state index contributed by atoms with van der Waals surface area (Å²) >= 11 is 3.14. The van der Waals surface area contributed by atoms with Gasteiger partial charge in [-0.25, -0.2) is 9.18 Å². The van der Waals surface area contributed by atoms with Crippen LogP contribution in [0.15, 0.2) is 57.4 Å². The second-order valence-electron chi connectivity index (χ2n) is 4.77. The van der Waals surface area contributed by atoms with Crippen molar-refractivity contribution in [2.45, 2.75) is 0 Å². The molecule has 1 heterocycles. The first-order valence-corrected chi connectivity index (χ1v) is 7.48. The highest BCUT2D eigenvalue weighted by Gasteiger charge is 2.17. The number of rotatable bonds is 4. The van der Waals surface area contributed by atoms with Gasteiger partial charge in [0.2, 0.25) is 5.78 Å². The number of carbonyl (C=O) groups excluding carboxylic acids is 2. The molecule has 4 nitrogen and oxygen atoms in total. The number of ketones is 1. The molecule has 0 N–H and O–H groups in total. The minimum atomic E-state index is -0.791. The van der Waals surface area contributed by atoms with Gasteiger partial charge in [0, 0.05) is 9.86 Å². The van der Waals surface area contributed by atoms with Crippen molar-refractivity contribution < 1.29 is 23.1 Å². The quantitative estimate of drug-likeness (QED) is 0.500. The Morgan fingerprint density at radius 2 is 1.91 bits per heavy atom. The maximum atomic E-state index is 13.2. The highest BCUT2D eigenvalue weighted by atomic mass is 79.9. The average Bonchev–Trinajstić information content (AvgIpc) is 2.98. The third-order valence-corrected chi connectivity index (χ3v) is 3.87. The van der Waals surface area contributed by atoms with Crippen LogP contribution in [0.4, 0.5) is 4.39 Å². The van der Waals surface area contributed by atoms with E-state index in [1.807, 2.05) is 12.1 Å². The van der Waals surface area contributed by atoms with Gasteiger partial charge in [0.1, 0.15) is 11.4 Å². The first-order valence-electron chi connectivity index (χ1n) is 6.68. The van der Waals surface area contributed by atoms with Crippen LogP contribution in [0.2, 0.25) is 0 Å². The fraction of sp³-hybridized carbons (Fsp3) is 0.0588. The number of para-hydroxylation sites is 1. The van der Waals surface area contributed by atoms with Crippen LogP contribution in [0.25, 0.3) is 11.0 Å². The monoisotopic (exact) mass is 376 g/mol. The van der Waals surface area contributed by atoms with E-state index in [-0.39, 0.29) is 11.3 Å². The van der Waals surface area contributed by atoms with Crippen LogP contribution in [0, 0.1) is 5.82 Å². The molecule has 0 aliphatic rings. The Morgan fingerprint density at radius 1 is 1.13 bits per heavy atom. The zero-order valence-electron chi connectivity index (χ0n) is 11.7. The molecule has 6 heteroatoms. The summed E-state index contributed by atoms with van der Waals surface area (Å²) in [6.07, 6.45) is 0. The average molecular weight is 377 g/mol.